The van der Waals surface area contributed by atoms with Gasteiger partial charge in [0.05, 0.1) is 6.54 Å². The molecule has 0 radical (unpaired) electrons. The molecular weight excluding hydrogens is 306 g/mol. The Morgan fingerprint density at radius 2 is 1.95 bits per heavy atom. The number of rotatable bonds is 2. The lowest BCUT2D eigenvalue weighted by atomic mass is 10.2. The maximum atomic E-state index is 12.3. The minimum absolute atomic E-state index is 0.0301. The van der Waals surface area contributed by atoms with E-state index in [9.17, 15) is 4.79 Å². The number of fused-ring (bicyclic) bond motifs is 1. The number of nitrogens with zero attached hydrogens (tertiary/aromatic N) is 3. The van der Waals surface area contributed by atoms with Gasteiger partial charge in [-0.15, -0.1) is 0 Å². The Morgan fingerprint density at radius 1 is 1.16 bits per heavy atom. The fourth-order valence-corrected chi connectivity index (χ4v) is 2.33. The van der Waals surface area contributed by atoms with Crippen LogP contribution in [0.4, 0.5) is 0 Å². The van der Waals surface area contributed by atoms with E-state index in [2.05, 4.69) is 25.9 Å². The summed E-state index contributed by atoms with van der Waals surface area (Å²) in [5.74, 6) is 0.626. The molecule has 0 bridgehead atoms. The summed E-state index contributed by atoms with van der Waals surface area (Å²) in [5, 5.41) is 1.62. The molecule has 0 atom stereocenters. The molecular formula is C14H10BrN3O. The normalized spacial score (nSPS) is 10.8. The first-order chi connectivity index (χ1) is 9.24. The van der Waals surface area contributed by atoms with Gasteiger partial charge in [-0.3, -0.25) is 4.79 Å². The third-order valence-electron chi connectivity index (χ3n) is 2.87. The van der Waals surface area contributed by atoms with Gasteiger partial charge in [0.15, 0.2) is 0 Å². The summed E-state index contributed by atoms with van der Waals surface area (Å²) in [7, 11) is 0. The van der Waals surface area contributed by atoms with Crippen molar-refractivity contribution < 1.29 is 0 Å². The third kappa shape index (κ3) is 2.42. The lowest BCUT2D eigenvalue weighted by Crippen LogP contribution is -2.20. The lowest BCUT2D eigenvalue weighted by Gasteiger charge is -2.06. The van der Waals surface area contributed by atoms with Crippen LogP contribution in [0.2, 0.25) is 0 Å². The Balaban J connectivity index is 2.08. The Bertz CT molecular complexity index is 784. The average molecular weight is 316 g/mol. The van der Waals surface area contributed by atoms with E-state index in [1.807, 2.05) is 24.3 Å². The summed E-state index contributed by atoms with van der Waals surface area (Å²) >= 11 is 3.40. The summed E-state index contributed by atoms with van der Waals surface area (Å²) in [6.45, 7) is 0.381. The van der Waals surface area contributed by atoms with Crippen molar-refractivity contribution >= 4 is 26.7 Å². The number of halogens is 1. The van der Waals surface area contributed by atoms with Crippen molar-refractivity contribution in [1.29, 1.82) is 0 Å². The van der Waals surface area contributed by atoms with E-state index in [1.54, 1.807) is 29.2 Å². The molecule has 2 aromatic heterocycles. The zero-order chi connectivity index (χ0) is 13.2. The summed E-state index contributed by atoms with van der Waals surface area (Å²) in [5.41, 5.74) is -0.0301. The average Bonchev–Trinajstić information content (AvgIpc) is 2.43. The van der Waals surface area contributed by atoms with E-state index in [-0.39, 0.29) is 5.56 Å². The lowest BCUT2D eigenvalue weighted by molar-refractivity contribution is 0.720. The fraction of sp³-hybridized carbons (Fsp3) is 0.0714. The van der Waals surface area contributed by atoms with Crippen molar-refractivity contribution in [3.05, 3.63) is 69.6 Å². The zero-order valence-corrected chi connectivity index (χ0v) is 11.5. The predicted octanol–water partition coefficient (Wildman–Crippen LogP) is 2.60. The van der Waals surface area contributed by atoms with E-state index in [4.69, 9.17) is 0 Å². The van der Waals surface area contributed by atoms with Crippen LogP contribution in [0.15, 0.2) is 58.2 Å². The Labute approximate surface area is 117 Å². The van der Waals surface area contributed by atoms with Crippen molar-refractivity contribution in [3.8, 4) is 0 Å². The molecule has 1 aromatic carbocycles. The van der Waals surface area contributed by atoms with Gasteiger partial charge in [0, 0.05) is 28.4 Å². The molecule has 94 valence electrons. The molecule has 0 spiro atoms. The summed E-state index contributed by atoms with van der Waals surface area (Å²) < 4.78 is 2.58. The van der Waals surface area contributed by atoms with Gasteiger partial charge in [-0.2, -0.15) is 0 Å². The van der Waals surface area contributed by atoms with Gasteiger partial charge in [-0.1, -0.05) is 15.9 Å². The topological polar surface area (TPSA) is 47.8 Å². The highest BCUT2D eigenvalue weighted by atomic mass is 79.9. The van der Waals surface area contributed by atoms with Crippen LogP contribution in [0.5, 0.6) is 0 Å². The second kappa shape index (κ2) is 4.93. The Morgan fingerprint density at radius 3 is 2.74 bits per heavy atom. The van der Waals surface area contributed by atoms with Crippen LogP contribution in [-0.2, 0) is 6.54 Å². The molecule has 0 amide bonds. The van der Waals surface area contributed by atoms with E-state index < -0.39 is 0 Å². The van der Waals surface area contributed by atoms with Crippen LogP contribution in [0.1, 0.15) is 5.82 Å². The molecule has 0 saturated carbocycles. The number of hydrogen-bond donors (Lipinski definition) is 0. The molecule has 0 aliphatic rings. The first-order valence-electron chi connectivity index (χ1n) is 5.79. The van der Waals surface area contributed by atoms with Crippen molar-refractivity contribution in [1.82, 2.24) is 14.5 Å². The first kappa shape index (κ1) is 12.0. The summed E-state index contributed by atoms with van der Waals surface area (Å²) in [6.07, 6.45) is 5.12. The molecule has 0 N–H and O–H groups in total. The predicted molar refractivity (Wildman–Crippen MR) is 77.0 cm³/mol. The molecule has 0 aliphatic carbocycles. The molecule has 19 heavy (non-hydrogen) atoms. The van der Waals surface area contributed by atoms with E-state index in [1.165, 1.54) is 0 Å². The molecule has 0 aliphatic heterocycles. The highest BCUT2D eigenvalue weighted by Crippen LogP contribution is 2.16. The maximum absolute atomic E-state index is 12.3. The summed E-state index contributed by atoms with van der Waals surface area (Å²) in [4.78, 5) is 20.6. The van der Waals surface area contributed by atoms with Crippen molar-refractivity contribution in [2.24, 2.45) is 0 Å². The van der Waals surface area contributed by atoms with Gasteiger partial charge in [0.2, 0.25) is 0 Å². The third-order valence-corrected chi connectivity index (χ3v) is 3.36. The molecule has 3 aromatic rings. The molecule has 2 heterocycles. The molecule has 0 fully saturated rings. The van der Waals surface area contributed by atoms with Gasteiger partial charge in [-0.05, 0) is 35.7 Å². The van der Waals surface area contributed by atoms with E-state index in [0.29, 0.717) is 17.8 Å². The highest BCUT2D eigenvalue weighted by molar-refractivity contribution is 9.10. The van der Waals surface area contributed by atoms with Gasteiger partial charge in [0.1, 0.15) is 5.82 Å². The molecule has 3 rings (SSSR count). The number of benzene rings is 1. The molecule has 4 nitrogen and oxygen atoms in total. The van der Waals surface area contributed by atoms with Gasteiger partial charge in [-0.25, -0.2) is 9.97 Å². The Kier molecular flexibility index (Phi) is 3.13. The van der Waals surface area contributed by atoms with Gasteiger partial charge >= 0.3 is 0 Å². The van der Waals surface area contributed by atoms with E-state index in [0.717, 1.165) is 9.86 Å². The summed E-state index contributed by atoms with van der Waals surface area (Å²) in [6, 6.07) is 9.30. The number of pyridine rings is 1. The van der Waals surface area contributed by atoms with Crippen molar-refractivity contribution in [3.63, 3.8) is 0 Å². The van der Waals surface area contributed by atoms with Crippen LogP contribution in [-0.4, -0.2) is 14.5 Å². The first-order valence-corrected chi connectivity index (χ1v) is 6.58. The van der Waals surface area contributed by atoms with Crippen molar-refractivity contribution in [2.75, 3.05) is 0 Å². The largest absolute Gasteiger partial charge is 0.307 e. The second-order valence-corrected chi connectivity index (χ2v) is 5.06. The van der Waals surface area contributed by atoms with Crippen LogP contribution in [0, 0.1) is 0 Å². The van der Waals surface area contributed by atoms with Crippen LogP contribution < -0.4 is 5.56 Å². The quantitative estimate of drug-likeness (QED) is 0.730. The van der Waals surface area contributed by atoms with Crippen LogP contribution in [0.25, 0.3) is 10.8 Å². The minimum Gasteiger partial charge on any atom is -0.307 e. The second-order valence-electron chi connectivity index (χ2n) is 4.15. The molecule has 0 unspecified atom stereocenters. The zero-order valence-electron chi connectivity index (χ0n) is 9.95. The monoisotopic (exact) mass is 315 g/mol. The van der Waals surface area contributed by atoms with Crippen LogP contribution in [0.3, 0.4) is 0 Å². The van der Waals surface area contributed by atoms with Gasteiger partial charge < -0.3 is 4.57 Å². The maximum Gasteiger partial charge on any atom is 0.258 e. The minimum atomic E-state index is -0.0301. The van der Waals surface area contributed by atoms with E-state index >= 15 is 0 Å². The number of hydrogen-bond acceptors (Lipinski definition) is 3. The molecule has 5 heteroatoms. The Hall–Kier alpha value is -2.01. The van der Waals surface area contributed by atoms with Crippen molar-refractivity contribution in [2.45, 2.75) is 6.54 Å². The highest BCUT2D eigenvalue weighted by Gasteiger charge is 2.04. The smallest absolute Gasteiger partial charge is 0.258 e. The van der Waals surface area contributed by atoms with Gasteiger partial charge in [0.25, 0.3) is 5.56 Å². The number of aromatic nitrogens is 3. The molecule has 0 saturated heterocycles. The van der Waals surface area contributed by atoms with Crippen LogP contribution >= 0.6 is 15.9 Å². The SMILES string of the molecule is O=c1c2ccc(Br)cc2ccn1Cc1ncccn1. The standard InChI is InChI=1S/C14H10BrN3O/c15-11-2-3-12-10(8-11)4-7-18(14(12)19)9-13-16-5-1-6-17-13/h1-8H,9H2. The fourth-order valence-electron chi connectivity index (χ4n) is 1.95.